The van der Waals surface area contributed by atoms with Gasteiger partial charge in [0.2, 0.25) is 15.9 Å². The maximum atomic E-state index is 12.9. The van der Waals surface area contributed by atoms with E-state index in [4.69, 9.17) is 4.52 Å². The summed E-state index contributed by atoms with van der Waals surface area (Å²) in [5.74, 6) is 1.09. The van der Waals surface area contributed by atoms with Gasteiger partial charge in [-0.3, -0.25) is 4.79 Å². The standard InChI is InChI=1S/C19H27N5O4S/c1-12(2)16(19-21-17(22-28-19)13-6-7-13)20-18(25)15-10-14(11-23(15)3)29(26,27)24-8-4-5-9-24/h10-13,16H,4-9H2,1-3H3,(H,20,25). The molecule has 1 atom stereocenters. The molecule has 2 fully saturated rings. The third-order valence-electron chi connectivity index (χ3n) is 5.53. The molecule has 9 nitrogen and oxygen atoms in total. The van der Waals surface area contributed by atoms with Crippen molar-refractivity contribution < 1.29 is 17.7 Å². The van der Waals surface area contributed by atoms with Crippen LogP contribution in [0, 0.1) is 5.92 Å². The minimum atomic E-state index is -3.58. The van der Waals surface area contributed by atoms with Crippen molar-refractivity contribution in [1.82, 2.24) is 24.3 Å². The van der Waals surface area contributed by atoms with Crippen LogP contribution in [0.4, 0.5) is 0 Å². The molecule has 10 heteroatoms. The monoisotopic (exact) mass is 421 g/mol. The lowest BCUT2D eigenvalue weighted by molar-refractivity contribution is 0.0905. The van der Waals surface area contributed by atoms with Crippen LogP contribution in [0.1, 0.15) is 73.7 Å². The highest BCUT2D eigenvalue weighted by Gasteiger charge is 2.33. The molecule has 3 heterocycles. The first-order chi connectivity index (χ1) is 13.8. The van der Waals surface area contributed by atoms with Crippen molar-refractivity contribution in [2.24, 2.45) is 13.0 Å². The Kier molecular flexibility index (Phi) is 5.24. The Morgan fingerprint density at radius 1 is 1.28 bits per heavy atom. The number of sulfonamides is 1. The van der Waals surface area contributed by atoms with E-state index >= 15 is 0 Å². The van der Waals surface area contributed by atoms with Crippen molar-refractivity contribution in [1.29, 1.82) is 0 Å². The molecule has 1 aliphatic heterocycles. The second-order valence-electron chi connectivity index (χ2n) is 8.24. The van der Waals surface area contributed by atoms with Crippen LogP contribution in [0.25, 0.3) is 0 Å². The van der Waals surface area contributed by atoms with Crippen LogP contribution >= 0.6 is 0 Å². The number of carbonyl (C=O) groups is 1. The Morgan fingerprint density at radius 3 is 2.59 bits per heavy atom. The third-order valence-corrected chi connectivity index (χ3v) is 7.40. The van der Waals surface area contributed by atoms with E-state index in [0.29, 0.717) is 30.7 Å². The highest BCUT2D eigenvalue weighted by molar-refractivity contribution is 7.89. The number of aryl methyl sites for hydroxylation is 1. The Hall–Kier alpha value is -2.20. The quantitative estimate of drug-likeness (QED) is 0.734. The molecule has 1 aliphatic carbocycles. The van der Waals surface area contributed by atoms with Crippen LogP contribution in [-0.2, 0) is 17.1 Å². The summed E-state index contributed by atoms with van der Waals surface area (Å²) in [6, 6.07) is 0.986. The molecule has 2 aliphatic rings. The summed E-state index contributed by atoms with van der Waals surface area (Å²) in [6.07, 6.45) is 5.35. The zero-order valence-electron chi connectivity index (χ0n) is 17.0. The molecule has 1 unspecified atom stereocenters. The molecule has 2 aromatic heterocycles. The van der Waals surface area contributed by atoms with Gasteiger partial charge >= 0.3 is 0 Å². The molecule has 0 bridgehead atoms. The van der Waals surface area contributed by atoms with Crippen LogP contribution in [-0.4, -0.2) is 46.4 Å². The van der Waals surface area contributed by atoms with Crippen molar-refractivity contribution in [3.05, 3.63) is 29.7 Å². The molecule has 29 heavy (non-hydrogen) atoms. The van der Waals surface area contributed by atoms with E-state index in [-0.39, 0.29) is 22.4 Å². The van der Waals surface area contributed by atoms with E-state index in [1.54, 1.807) is 11.6 Å². The molecule has 0 radical (unpaired) electrons. The van der Waals surface area contributed by atoms with E-state index < -0.39 is 16.1 Å². The number of amides is 1. The Morgan fingerprint density at radius 2 is 1.97 bits per heavy atom. The predicted molar refractivity (Wildman–Crippen MR) is 105 cm³/mol. The number of hydrogen-bond acceptors (Lipinski definition) is 6. The van der Waals surface area contributed by atoms with Gasteiger partial charge in [0.05, 0.1) is 0 Å². The van der Waals surface area contributed by atoms with Crippen LogP contribution in [0.5, 0.6) is 0 Å². The second kappa shape index (κ2) is 7.56. The summed E-state index contributed by atoms with van der Waals surface area (Å²) in [5, 5.41) is 6.96. The van der Waals surface area contributed by atoms with Crippen molar-refractivity contribution in [3.8, 4) is 0 Å². The van der Waals surface area contributed by atoms with E-state index in [1.165, 1.54) is 16.6 Å². The molecule has 1 saturated heterocycles. The summed E-state index contributed by atoms with van der Waals surface area (Å²) >= 11 is 0. The lowest BCUT2D eigenvalue weighted by atomic mass is 10.0. The fraction of sp³-hybridized carbons (Fsp3) is 0.632. The number of nitrogens with one attached hydrogen (secondary N) is 1. The molecule has 4 rings (SSSR count). The average Bonchev–Trinajstić information content (AvgIpc) is 3.09. The third kappa shape index (κ3) is 3.95. The van der Waals surface area contributed by atoms with Crippen LogP contribution < -0.4 is 5.32 Å². The van der Waals surface area contributed by atoms with Gasteiger partial charge in [-0.2, -0.15) is 9.29 Å². The van der Waals surface area contributed by atoms with Crippen LogP contribution in [0.15, 0.2) is 21.7 Å². The molecule has 1 amide bonds. The first kappa shape index (κ1) is 20.1. The van der Waals surface area contributed by atoms with Crippen LogP contribution in [0.2, 0.25) is 0 Å². The molecule has 1 saturated carbocycles. The predicted octanol–water partition coefficient (Wildman–Crippen LogP) is 2.20. The van der Waals surface area contributed by atoms with Crippen molar-refractivity contribution in [2.45, 2.75) is 56.4 Å². The molecule has 158 valence electrons. The Balaban J connectivity index is 1.54. The number of rotatable bonds is 7. The lowest BCUT2D eigenvalue weighted by Gasteiger charge is -2.18. The fourth-order valence-electron chi connectivity index (χ4n) is 3.59. The number of nitrogens with zero attached hydrogens (tertiary/aromatic N) is 4. The zero-order chi connectivity index (χ0) is 20.8. The van der Waals surface area contributed by atoms with Gasteiger partial charge in [-0.25, -0.2) is 8.42 Å². The summed E-state index contributed by atoms with van der Waals surface area (Å²) < 4.78 is 34.0. The maximum Gasteiger partial charge on any atom is 0.268 e. The van der Waals surface area contributed by atoms with E-state index in [0.717, 1.165) is 25.7 Å². The van der Waals surface area contributed by atoms with Crippen molar-refractivity contribution in [2.75, 3.05) is 13.1 Å². The molecular formula is C19H27N5O4S. The number of hydrogen-bond donors (Lipinski definition) is 1. The SMILES string of the molecule is CC(C)C(NC(=O)c1cc(S(=O)(=O)N2CCCC2)cn1C)c1nc(C2CC2)no1. The van der Waals surface area contributed by atoms with Gasteiger partial charge in [0.1, 0.15) is 16.6 Å². The lowest BCUT2D eigenvalue weighted by Crippen LogP contribution is -2.33. The Bertz CT molecular complexity index is 1000. The maximum absolute atomic E-state index is 12.9. The topological polar surface area (TPSA) is 110 Å². The summed E-state index contributed by atoms with van der Waals surface area (Å²) in [7, 11) is -1.91. The normalized spacial score (nSPS) is 19.0. The van der Waals surface area contributed by atoms with E-state index in [9.17, 15) is 13.2 Å². The first-order valence-corrected chi connectivity index (χ1v) is 11.5. The van der Waals surface area contributed by atoms with E-state index in [2.05, 4.69) is 15.5 Å². The summed E-state index contributed by atoms with van der Waals surface area (Å²) in [6.45, 7) is 4.96. The van der Waals surface area contributed by atoms with Gasteiger partial charge in [0, 0.05) is 32.3 Å². The van der Waals surface area contributed by atoms with Crippen molar-refractivity contribution in [3.63, 3.8) is 0 Å². The number of aromatic nitrogens is 3. The van der Waals surface area contributed by atoms with Gasteiger partial charge in [-0.05, 0) is 37.7 Å². The van der Waals surface area contributed by atoms with Gasteiger partial charge < -0.3 is 14.4 Å². The minimum absolute atomic E-state index is 0.0273. The van der Waals surface area contributed by atoms with Gasteiger partial charge in [0.25, 0.3) is 5.91 Å². The molecular weight excluding hydrogens is 394 g/mol. The highest BCUT2D eigenvalue weighted by Crippen LogP contribution is 2.38. The second-order valence-corrected chi connectivity index (χ2v) is 10.2. The highest BCUT2D eigenvalue weighted by atomic mass is 32.2. The zero-order valence-corrected chi connectivity index (χ0v) is 17.8. The van der Waals surface area contributed by atoms with Gasteiger partial charge in [0.15, 0.2) is 5.82 Å². The number of carbonyl (C=O) groups excluding carboxylic acids is 1. The van der Waals surface area contributed by atoms with Crippen LogP contribution in [0.3, 0.4) is 0 Å². The molecule has 0 aromatic carbocycles. The fourth-order valence-corrected chi connectivity index (χ4v) is 5.18. The first-order valence-electron chi connectivity index (χ1n) is 10.1. The van der Waals surface area contributed by atoms with Crippen molar-refractivity contribution >= 4 is 15.9 Å². The largest absolute Gasteiger partial charge is 0.345 e. The van der Waals surface area contributed by atoms with Gasteiger partial charge in [-0.1, -0.05) is 19.0 Å². The summed E-state index contributed by atoms with van der Waals surface area (Å²) in [4.78, 5) is 17.5. The summed E-state index contributed by atoms with van der Waals surface area (Å²) in [5.41, 5.74) is 0.273. The molecule has 1 N–H and O–H groups in total. The molecule has 0 spiro atoms. The molecule has 2 aromatic rings. The smallest absolute Gasteiger partial charge is 0.268 e. The average molecular weight is 422 g/mol. The van der Waals surface area contributed by atoms with Gasteiger partial charge in [-0.15, -0.1) is 0 Å². The van der Waals surface area contributed by atoms with E-state index in [1.807, 2.05) is 13.8 Å². The Labute approximate surface area is 170 Å². The minimum Gasteiger partial charge on any atom is -0.345 e.